The normalized spacial score (nSPS) is 10.6. The summed E-state index contributed by atoms with van der Waals surface area (Å²) in [6, 6.07) is 4.42. The maximum atomic E-state index is 8.77. The van der Waals surface area contributed by atoms with Crippen molar-refractivity contribution < 1.29 is 0 Å². The molecule has 1 aromatic heterocycles. The Kier molecular flexibility index (Phi) is 5.56. The third kappa shape index (κ3) is 4.09. The van der Waals surface area contributed by atoms with Crippen molar-refractivity contribution in [1.82, 2.24) is 9.97 Å². The molecule has 0 saturated carbocycles. The summed E-state index contributed by atoms with van der Waals surface area (Å²) in [5, 5.41) is 11.8. The van der Waals surface area contributed by atoms with Crippen LogP contribution in [0.4, 0.5) is 11.6 Å². The lowest BCUT2D eigenvalue weighted by Gasteiger charge is -2.27. The molecule has 0 aliphatic carbocycles. The molecule has 0 aromatic carbocycles. The standard InChI is InChI=1S/C14H23N5/c1-10(2)14-17-12(16-5)9-13(18-14)19(11(3)4)8-6-7-15/h9-11H,6,8H2,1-5H3,(H,16,17,18). The Labute approximate surface area is 115 Å². The maximum Gasteiger partial charge on any atom is 0.135 e. The van der Waals surface area contributed by atoms with Crippen LogP contribution in [0, 0.1) is 11.3 Å². The fraction of sp³-hybridized carbons (Fsp3) is 0.643. The molecular formula is C14H23N5. The molecular weight excluding hydrogens is 238 g/mol. The predicted molar refractivity (Wildman–Crippen MR) is 78.4 cm³/mol. The summed E-state index contributed by atoms with van der Waals surface area (Å²) in [6.07, 6.45) is 0.494. The van der Waals surface area contributed by atoms with Gasteiger partial charge in [0.2, 0.25) is 0 Å². The zero-order chi connectivity index (χ0) is 14.4. The molecule has 1 rings (SSSR count). The molecule has 0 aliphatic heterocycles. The average molecular weight is 261 g/mol. The molecule has 0 amide bonds. The molecule has 1 N–H and O–H groups in total. The van der Waals surface area contributed by atoms with Gasteiger partial charge in [-0.2, -0.15) is 5.26 Å². The van der Waals surface area contributed by atoms with E-state index in [-0.39, 0.29) is 5.92 Å². The molecule has 0 bridgehead atoms. The molecule has 0 fully saturated rings. The maximum absolute atomic E-state index is 8.77. The number of nitrogens with one attached hydrogen (secondary N) is 1. The van der Waals surface area contributed by atoms with Crippen molar-refractivity contribution in [3.05, 3.63) is 11.9 Å². The van der Waals surface area contributed by atoms with Gasteiger partial charge in [0.15, 0.2) is 0 Å². The van der Waals surface area contributed by atoms with Crippen LogP contribution in [0.1, 0.15) is 45.9 Å². The topological polar surface area (TPSA) is 64.8 Å². The molecule has 5 heteroatoms. The predicted octanol–water partition coefficient (Wildman–Crippen LogP) is 2.77. The van der Waals surface area contributed by atoms with E-state index in [1.807, 2.05) is 13.1 Å². The molecule has 1 heterocycles. The Hall–Kier alpha value is -1.83. The van der Waals surface area contributed by atoms with Crippen LogP contribution in [0.5, 0.6) is 0 Å². The average Bonchev–Trinajstić information content (AvgIpc) is 2.38. The number of hydrogen-bond acceptors (Lipinski definition) is 5. The summed E-state index contributed by atoms with van der Waals surface area (Å²) in [5.74, 6) is 2.80. The largest absolute Gasteiger partial charge is 0.373 e. The van der Waals surface area contributed by atoms with Crippen LogP contribution in [-0.4, -0.2) is 29.6 Å². The highest BCUT2D eigenvalue weighted by atomic mass is 15.2. The third-order valence-corrected chi connectivity index (χ3v) is 2.88. The molecule has 0 radical (unpaired) electrons. The van der Waals surface area contributed by atoms with Crippen molar-refractivity contribution in [2.45, 2.75) is 46.1 Å². The number of nitrogens with zero attached hydrogens (tertiary/aromatic N) is 4. The zero-order valence-corrected chi connectivity index (χ0v) is 12.4. The Balaban J connectivity index is 3.14. The van der Waals surface area contributed by atoms with Gasteiger partial charge in [-0.05, 0) is 13.8 Å². The minimum absolute atomic E-state index is 0.275. The van der Waals surface area contributed by atoms with Gasteiger partial charge in [0.05, 0.1) is 12.5 Å². The van der Waals surface area contributed by atoms with Gasteiger partial charge in [-0.15, -0.1) is 0 Å². The smallest absolute Gasteiger partial charge is 0.135 e. The van der Waals surface area contributed by atoms with Gasteiger partial charge < -0.3 is 10.2 Å². The van der Waals surface area contributed by atoms with Crippen molar-refractivity contribution in [3.8, 4) is 6.07 Å². The first kappa shape index (κ1) is 15.2. The number of hydrogen-bond donors (Lipinski definition) is 1. The Morgan fingerprint density at radius 1 is 1.32 bits per heavy atom. The van der Waals surface area contributed by atoms with Crippen molar-refractivity contribution in [2.24, 2.45) is 0 Å². The van der Waals surface area contributed by atoms with E-state index in [1.54, 1.807) is 0 Å². The summed E-state index contributed by atoms with van der Waals surface area (Å²) in [4.78, 5) is 11.2. The minimum atomic E-state index is 0.275. The summed E-state index contributed by atoms with van der Waals surface area (Å²) < 4.78 is 0. The van der Waals surface area contributed by atoms with E-state index in [2.05, 4.69) is 53.9 Å². The fourth-order valence-electron chi connectivity index (χ4n) is 1.79. The van der Waals surface area contributed by atoms with E-state index >= 15 is 0 Å². The zero-order valence-electron chi connectivity index (χ0n) is 12.4. The number of nitriles is 1. The monoisotopic (exact) mass is 261 g/mol. The summed E-state index contributed by atoms with van der Waals surface area (Å²) in [5.41, 5.74) is 0. The highest BCUT2D eigenvalue weighted by Gasteiger charge is 2.15. The van der Waals surface area contributed by atoms with Crippen molar-refractivity contribution in [2.75, 3.05) is 23.8 Å². The van der Waals surface area contributed by atoms with Gasteiger partial charge in [0, 0.05) is 31.6 Å². The highest BCUT2D eigenvalue weighted by Crippen LogP contribution is 2.21. The minimum Gasteiger partial charge on any atom is -0.373 e. The van der Waals surface area contributed by atoms with Crippen LogP contribution in [-0.2, 0) is 0 Å². The van der Waals surface area contributed by atoms with E-state index in [4.69, 9.17) is 5.26 Å². The van der Waals surface area contributed by atoms with E-state index in [0.717, 1.165) is 17.5 Å². The van der Waals surface area contributed by atoms with Gasteiger partial charge in [-0.3, -0.25) is 0 Å². The molecule has 0 unspecified atom stereocenters. The lowest BCUT2D eigenvalue weighted by atomic mass is 10.2. The molecule has 0 aliphatic rings. The van der Waals surface area contributed by atoms with E-state index in [0.29, 0.717) is 19.0 Å². The Bertz CT molecular complexity index is 448. The van der Waals surface area contributed by atoms with E-state index in [1.165, 1.54) is 0 Å². The van der Waals surface area contributed by atoms with Gasteiger partial charge in [-0.25, -0.2) is 9.97 Å². The highest BCUT2D eigenvalue weighted by molar-refractivity contribution is 5.50. The fourth-order valence-corrected chi connectivity index (χ4v) is 1.79. The lowest BCUT2D eigenvalue weighted by Crippen LogP contribution is -2.32. The van der Waals surface area contributed by atoms with E-state index < -0.39 is 0 Å². The van der Waals surface area contributed by atoms with Crippen LogP contribution in [0.25, 0.3) is 0 Å². The number of anilines is 2. The van der Waals surface area contributed by atoms with Crippen LogP contribution < -0.4 is 10.2 Å². The van der Waals surface area contributed by atoms with Crippen LogP contribution in [0.2, 0.25) is 0 Å². The first-order valence-corrected chi connectivity index (χ1v) is 6.70. The second kappa shape index (κ2) is 6.93. The summed E-state index contributed by atoms with van der Waals surface area (Å²) >= 11 is 0. The van der Waals surface area contributed by atoms with Crippen molar-refractivity contribution >= 4 is 11.6 Å². The van der Waals surface area contributed by atoms with Gasteiger partial charge in [0.25, 0.3) is 0 Å². The van der Waals surface area contributed by atoms with Crippen LogP contribution in [0.3, 0.4) is 0 Å². The van der Waals surface area contributed by atoms with Gasteiger partial charge >= 0.3 is 0 Å². The first-order valence-electron chi connectivity index (χ1n) is 6.70. The first-order chi connectivity index (χ1) is 8.99. The molecule has 0 atom stereocenters. The number of aromatic nitrogens is 2. The second-order valence-electron chi connectivity index (χ2n) is 5.07. The van der Waals surface area contributed by atoms with Crippen molar-refractivity contribution in [3.63, 3.8) is 0 Å². The van der Waals surface area contributed by atoms with Crippen LogP contribution >= 0.6 is 0 Å². The second-order valence-corrected chi connectivity index (χ2v) is 5.07. The summed E-state index contributed by atoms with van der Waals surface area (Å²) in [6.45, 7) is 9.05. The molecule has 19 heavy (non-hydrogen) atoms. The molecule has 0 spiro atoms. The Morgan fingerprint density at radius 2 is 2.00 bits per heavy atom. The summed E-state index contributed by atoms with van der Waals surface area (Å²) in [7, 11) is 1.85. The van der Waals surface area contributed by atoms with E-state index in [9.17, 15) is 0 Å². The van der Waals surface area contributed by atoms with Crippen molar-refractivity contribution in [1.29, 1.82) is 5.26 Å². The quantitative estimate of drug-likeness (QED) is 0.853. The van der Waals surface area contributed by atoms with Gasteiger partial charge in [0.1, 0.15) is 17.5 Å². The third-order valence-electron chi connectivity index (χ3n) is 2.88. The molecule has 0 saturated heterocycles. The number of rotatable bonds is 6. The molecule has 104 valence electrons. The van der Waals surface area contributed by atoms with Crippen LogP contribution in [0.15, 0.2) is 6.07 Å². The van der Waals surface area contributed by atoms with Gasteiger partial charge in [-0.1, -0.05) is 13.8 Å². The SMILES string of the molecule is CNc1cc(N(CCC#N)C(C)C)nc(C(C)C)n1. The lowest BCUT2D eigenvalue weighted by molar-refractivity contribution is 0.667. The molecule has 1 aromatic rings. The Morgan fingerprint density at radius 3 is 2.47 bits per heavy atom. The molecule has 5 nitrogen and oxygen atoms in total.